The molecule has 0 unspecified atom stereocenters. The maximum atomic E-state index is 12.6. The van der Waals surface area contributed by atoms with Gasteiger partial charge in [-0.05, 0) is 65.9 Å². The number of nitrogens with one attached hydrogen (secondary N) is 2. The molecule has 0 heterocycles. The van der Waals surface area contributed by atoms with E-state index in [0.717, 1.165) is 29.7 Å². The molecule has 2 aromatic carbocycles. The van der Waals surface area contributed by atoms with Gasteiger partial charge in [-0.3, -0.25) is 24.6 Å². The minimum absolute atomic E-state index is 0.0961. The van der Waals surface area contributed by atoms with Crippen molar-refractivity contribution in [2.24, 2.45) is 0 Å². The molecule has 31 heavy (non-hydrogen) atoms. The second-order valence-corrected chi connectivity index (χ2v) is 8.64. The second-order valence-electron chi connectivity index (χ2n) is 7.79. The predicted octanol–water partition coefficient (Wildman–Crippen LogP) is 4.41. The highest BCUT2D eigenvalue weighted by Gasteiger charge is 2.30. The lowest BCUT2D eigenvalue weighted by Gasteiger charge is -2.21. The van der Waals surface area contributed by atoms with Crippen molar-refractivity contribution in [3.8, 4) is 0 Å². The molecular weight excluding hydrogens is 464 g/mol. The van der Waals surface area contributed by atoms with Crippen LogP contribution in [0.1, 0.15) is 30.4 Å². The molecule has 0 atom stereocenters. The maximum Gasteiger partial charge on any atom is 0.271 e. The van der Waals surface area contributed by atoms with E-state index >= 15 is 0 Å². The van der Waals surface area contributed by atoms with E-state index in [9.17, 15) is 19.7 Å². The summed E-state index contributed by atoms with van der Waals surface area (Å²) in [6.45, 7) is 4.57. The Morgan fingerprint density at radius 2 is 1.81 bits per heavy atom. The van der Waals surface area contributed by atoms with E-state index in [4.69, 9.17) is 0 Å². The molecule has 1 fully saturated rings. The smallest absolute Gasteiger partial charge is 0.271 e. The van der Waals surface area contributed by atoms with Crippen molar-refractivity contribution in [1.82, 2.24) is 4.90 Å². The number of non-ortho nitro benzene ring substituents is 1. The van der Waals surface area contributed by atoms with Gasteiger partial charge in [0.2, 0.25) is 11.8 Å². The van der Waals surface area contributed by atoms with Crippen LogP contribution in [-0.2, 0) is 9.59 Å². The first kappa shape index (κ1) is 22.9. The van der Waals surface area contributed by atoms with Crippen molar-refractivity contribution in [2.45, 2.75) is 39.2 Å². The normalized spacial score (nSPS) is 13.2. The molecule has 1 aliphatic rings. The van der Waals surface area contributed by atoms with Crippen LogP contribution >= 0.6 is 15.9 Å². The van der Waals surface area contributed by atoms with Crippen LogP contribution in [0, 0.1) is 24.0 Å². The van der Waals surface area contributed by atoms with Crippen LogP contribution in [0.4, 0.5) is 17.1 Å². The number of aryl methyl sites for hydroxylation is 2. The van der Waals surface area contributed by atoms with Gasteiger partial charge in [0.1, 0.15) is 0 Å². The summed E-state index contributed by atoms with van der Waals surface area (Å²) in [5.41, 5.74) is 3.13. The molecule has 2 N–H and O–H groups in total. The molecule has 3 rings (SSSR count). The Morgan fingerprint density at radius 1 is 1.10 bits per heavy atom. The second kappa shape index (κ2) is 10.0. The van der Waals surface area contributed by atoms with E-state index in [-0.39, 0.29) is 30.5 Å². The Morgan fingerprint density at radius 3 is 2.48 bits per heavy atom. The van der Waals surface area contributed by atoms with Crippen molar-refractivity contribution in [3.63, 3.8) is 0 Å². The van der Waals surface area contributed by atoms with E-state index in [1.165, 1.54) is 18.2 Å². The lowest BCUT2D eigenvalue weighted by Crippen LogP contribution is -2.37. The van der Waals surface area contributed by atoms with Crippen molar-refractivity contribution in [3.05, 3.63) is 62.1 Å². The molecule has 0 bridgehead atoms. The first-order valence-corrected chi connectivity index (χ1v) is 10.9. The van der Waals surface area contributed by atoms with E-state index in [1.807, 2.05) is 36.9 Å². The number of nitro groups is 1. The molecule has 0 spiro atoms. The van der Waals surface area contributed by atoms with Gasteiger partial charge in [-0.2, -0.15) is 0 Å². The standard InChI is InChI=1S/C22H25BrN4O4/c1-14-3-4-15(2)19(11-14)24-22(29)13-26(16-5-6-16)10-9-21(28)25-20-12-17(27(30)31)7-8-18(20)23/h3-4,7-8,11-12,16H,5-6,9-10,13H2,1-2H3,(H,24,29)(H,25,28). The fourth-order valence-electron chi connectivity index (χ4n) is 3.26. The molecule has 0 radical (unpaired) electrons. The Hall–Kier alpha value is -2.78. The monoisotopic (exact) mass is 488 g/mol. The van der Waals surface area contributed by atoms with E-state index in [0.29, 0.717) is 22.7 Å². The van der Waals surface area contributed by atoms with Crippen molar-refractivity contribution in [1.29, 1.82) is 0 Å². The molecule has 0 saturated heterocycles. The summed E-state index contributed by atoms with van der Waals surface area (Å²) in [7, 11) is 0. The van der Waals surface area contributed by atoms with Crippen molar-refractivity contribution >= 4 is 44.8 Å². The van der Waals surface area contributed by atoms with Gasteiger partial charge in [0, 0.05) is 41.3 Å². The third-order valence-electron chi connectivity index (χ3n) is 5.14. The summed E-state index contributed by atoms with van der Waals surface area (Å²) in [5.74, 6) is -0.371. The first-order valence-electron chi connectivity index (χ1n) is 10.1. The Labute approximate surface area is 189 Å². The molecule has 1 aliphatic carbocycles. The summed E-state index contributed by atoms with van der Waals surface area (Å²) < 4.78 is 0.568. The number of hydrogen-bond donors (Lipinski definition) is 2. The number of nitro benzene ring substituents is 1. The molecule has 0 aromatic heterocycles. The number of rotatable bonds is 9. The number of anilines is 2. The number of carbonyl (C=O) groups is 2. The van der Waals surface area contributed by atoms with Gasteiger partial charge in [-0.25, -0.2) is 0 Å². The zero-order valence-electron chi connectivity index (χ0n) is 17.5. The summed E-state index contributed by atoms with van der Waals surface area (Å²) in [4.78, 5) is 37.5. The lowest BCUT2D eigenvalue weighted by atomic mass is 10.1. The van der Waals surface area contributed by atoms with Gasteiger partial charge in [-0.15, -0.1) is 0 Å². The van der Waals surface area contributed by atoms with Crippen LogP contribution in [0.3, 0.4) is 0 Å². The lowest BCUT2D eigenvalue weighted by molar-refractivity contribution is -0.384. The predicted molar refractivity (Wildman–Crippen MR) is 123 cm³/mol. The number of hydrogen-bond acceptors (Lipinski definition) is 5. The van der Waals surface area contributed by atoms with Crippen molar-refractivity contribution < 1.29 is 14.5 Å². The molecule has 2 amide bonds. The van der Waals surface area contributed by atoms with Crippen LogP contribution in [0.5, 0.6) is 0 Å². The van der Waals surface area contributed by atoms with Crippen LogP contribution in [0.15, 0.2) is 40.9 Å². The Balaban J connectivity index is 1.55. The molecular formula is C22H25BrN4O4. The summed E-state index contributed by atoms with van der Waals surface area (Å²) >= 11 is 3.30. The largest absolute Gasteiger partial charge is 0.325 e. The summed E-state index contributed by atoms with van der Waals surface area (Å²) in [6, 6.07) is 10.4. The topological polar surface area (TPSA) is 105 Å². The zero-order chi connectivity index (χ0) is 22.5. The fraction of sp³-hybridized carbons (Fsp3) is 0.364. The van der Waals surface area contributed by atoms with Crippen molar-refractivity contribution in [2.75, 3.05) is 23.7 Å². The van der Waals surface area contributed by atoms with Gasteiger partial charge in [0.05, 0.1) is 17.2 Å². The highest BCUT2D eigenvalue weighted by Crippen LogP contribution is 2.29. The minimum Gasteiger partial charge on any atom is -0.325 e. The minimum atomic E-state index is -0.508. The van der Waals surface area contributed by atoms with Crippen LogP contribution < -0.4 is 10.6 Å². The number of amides is 2. The highest BCUT2D eigenvalue weighted by molar-refractivity contribution is 9.10. The number of nitrogens with zero attached hydrogens (tertiary/aromatic N) is 2. The van der Waals surface area contributed by atoms with Gasteiger partial charge < -0.3 is 10.6 Å². The molecule has 9 heteroatoms. The average molecular weight is 489 g/mol. The maximum absolute atomic E-state index is 12.6. The van der Waals surface area contributed by atoms with Gasteiger partial charge in [0.15, 0.2) is 0 Å². The summed E-state index contributed by atoms with van der Waals surface area (Å²) in [5, 5.41) is 16.6. The molecule has 164 valence electrons. The van der Waals surface area contributed by atoms with E-state index in [1.54, 1.807) is 0 Å². The van der Waals surface area contributed by atoms with E-state index in [2.05, 4.69) is 26.6 Å². The SMILES string of the molecule is Cc1ccc(C)c(NC(=O)CN(CCC(=O)Nc2cc([N+](=O)[O-])ccc2Br)C2CC2)c1. The van der Waals surface area contributed by atoms with Crippen LogP contribution in [0.2, 0.25) is 0 Å². The average Bonchev–Trinajstić information content (AvgIpc) is 3.54. The molecule has 1 saturated carbocycles. The third-order valence-corrected chi connectivity index (χ3v) is 5.83. The third kappa shape index (κ3) is 6.60. The van der Waals surface area contributed by atoms with Crippen LogP contribution in [-0.4, -0.2) is 40.8 Å². The fourth-order valence-corrected chi connectivity index (χ4v) is 3.60. The molecule has 2 aromatic rings. The number of carbonyl (C=O) groups excluding carboxylic acids is 2. The molecule has 8 nitrogen and oxygen atoms in total. The van der Waals surface area contributed by atoms with E-state index < -0.39 is 4.92 Å². The summed E-state index contributed by atoms with van der Waals surface area (Å²) in [6.07, 6.45) is 2.20. The Kier molecular flexibility index (Phi) is 7.40. The van der Waals surface area contributed by atoms with Crippen LogP contribution in [0.25, 0.3) is 0 Å². The Bertz CT molecular complexity index is 1010. The van der Waals surface area contributed by atoms with Gasteiger partial charge >= 0.3 is 0 Å². The quantitative estimate of drug-likeness (QED) is 0.401. The highest BCUT2D eigenvalue weighted by atomic mass is 79.9. The first-order chi connectivity index (χ1) is 14.7. The zero-order valence-corrected chi connectivity index (χ0v) is 19.1. The number of halogens is 1. The molecule has 0 aliphatic heterocycles. The number of benzene rings is 2. The van der Waals surface area contributed by atoms with Gasteiger partial charge in [-0.1, -0.05) is 12.1 Å². The van der Waals surface area contributed by atoms with Gasteiger partial charge in [0.25, 0.3) is 5.69 Å².